The first-order chi connectivity index (χ1) is 16.0. The summed E-state index contributed by atoms with van der Waals surface area (Å²) in [6.07, 6.45) is 0.0754. The van der Waals surface area contributed by atoms with E-state index in [9.17, 15) is 23.7 Å². The molecule has 0 spiro atoms. The van der Waals surface area contributed by atoms with Gasteiger partial charge in [-0.3, -0.25) is 23.7 Å². The smallest absolute Gasteiger partial charge is 0.344 e. The van der Waals surface area contributed by atoms with Crippen molar-refractivity contribution < 1.29 is 38.5 Å². The van der Waals surface area contributed by atoms with Crippen molar-refractivity contribution in [1.82, 2.24) is 20.4 Å². The summed E-state index contributed by atoms with van der Waals surface area (Å²) >= 11 is 12.8. The highest BCUT2D eigenvalue weighted by Crippen LogP contribution is 2.50. The molecule has 4 atom stereocenters. The summed E-state index contributed by atoms with van der Waals surface area (Å²) in [4.78, 5) is 46.3. The summed E-state index contributed by atoms with van der Waals surface area (Å²) in [5.74, 6) is -3.41. The zero-order valence-electron chi connectivity index (χ0n) is 18.3. The first-order valence-electron chi connectivity index (χ1n) is 10.3. The minimum Gasteiger partial charge on any atom is -0.480 e. The van der Waals surface area contributed by atoms with Gasteiger partial charge < -0.3 is 31.1 Å². The van der Waals surface area contributed by atoms with E-state index in [4.69, 9.17) is 43.7 Å². The normalized spacial score (nSPS) is 22.1. The minimum atomic E-state index is -3.42. The molecule has 34 heavy (non-hydrogen) atoms. The number of halogens is 2. The highest BCUT2D eigenvalue weighted by molar-refractivity contribution is 8.00. The number of nitrogens with zero attached hydrogens (tertiary/aromatic N) is 1. The van der Waals surface area contributed by atoms with Crippen molar-refractivity contribution in [2.24, 2.45) is 5.73 Å². The van der Waals surface area contributed by atoms with Crippen LogP contribution < -0.4 is 21.5 Å². The van der Waals surface area contributed by atoms with Gasteiger partial charge in [-0.1, -0.05) is 0 Å². The molecule has 196 valence electrons. The summed E-state index contributed by atoms with van der Waals surface area (Å²) in [6.45, 7) is 0.101. The van der Waals surface area contributed by atoms with Crippen LogP contribution in [0.5, 0.6) is 0 Å². The second-order valence-electron chi connectivity index (χ2n) is 7.14. The summed E-state index contributed by atoms with van der Waals surface area (Å²) in [7, 11) is -3.42. The van der Waals surface area contributed by atoms with Crippen LogP contribution in [0, 0.1) is 0 Å². The Labute approximate surface area is 211 Å². The number of rotatable bonds is 16. The van der Waals surface area contributed by atoms with Gasteiger partial charge in [0.25, 0.3) is 0 Å². The van der Waals surface area contributed by atoms with E-state index in [0.29, 0.717) is 6.42 Å². The average Bonchev–Trinajstić information content (AvgIpc) is 2.78. The van der Waals surface area contributed by atoms with Crippen LogP contribution >= 0.6 is 42.6 Å². The Morgan fingerprint density at radius 1 is 1.24 bits per heavy atom. The van der Waals surface area contributed by atoms with E-state index < -0.39 is 55.4 Å². The average molecular weight is 566 g/mol. The Morgan fingerprint density at radius 3 is 2.44 bits per heavy atom. The van der Waals surface area contributed by atoms with Crippen LogP contribution in [-0.2, 0) is 28.3 Å². The van der Waals surface area contributed by atoms with Crippen molar-refractivity contribution in [3.8, 4) is 0 Å². The molecule has 0 saturated carbocycles. The molecule has 1 aliphatic heterocycles. The summed E-state index contributed by atoms with van der Waals surface area (Å²) in [6, 6.07) is -2.35. The highest BCUT2D eigenvalue weighted by atomic mass is 35.5. The van der Waals surface area contributed by atoms with Gasteiger partial charge in [0.1, 0.15) is 18.6 Å². The van der Waals surface area contributed by atoms with E-state index in [1.807, 2.05) is 0 Å². The van der Waals surface area contributed by atoms with Gasteiger partial charge in [-0.15, -0.1) is 35.0 Å². The van der Waals surface area contributed by atoms with E-state index in [1.165, 1.54) is 16.4 Å². The van der Waals surface area contributed by atoms with Crippen LogP contribution in [0.15, 0.2) is 0 Å². The fourth-order valence-electron chi connectivity index (χ4n) is 2.78. The quantitative estimate of drug-likeness (QED) is 0.107. The van der Waals surface area contributed by atoms with Crippen LogP contribution in [0.2, 0.25) is 0 Å². The topological polar surface area (TPSA) is 200 Å². The Balaban J connectivity index is 2.79. The summed E-state index contributed by atoms with van der Waals surface area (Å²) in [5, 5.41) is 24.8. The lowest BCUT2D eigenvalue weighted by Crippen LogP contribution is -2.50. The standard InChI is InChI=1S/C17H30Cl2N5O8PS/c18-4-6-24(7-5-19)33(31)23-14(3-8-32-33)34-10-12(16(28)21-9-15(26)27)22-13(25)2-1-11(20)17(29)30/h11-12,14H,1-10,20H2,(H,21,28)(H,22,25)(H,23,31)(H,26,27)(H,29,30)/t11-,12-,14?,33?/m0/s1. The van der Waals surface area contributed by atoms with Gasteiger partial charge in [0.2, 0.25) is 11.8 Å². The molecule has 0 radical (unpaired) electrons. The third kappa shape index (κ3) is 11.1. The van der Waals surface area contributed by atoms with E-state index >= 15 is 0 Å². The van der Waals surface area contributed by atoms with Crippen molar-refractivity contribution >= 4 is 66.4 Å². The maximum absolute atomic E-state index is 13.2. The van der Waals surface area contributed by atoms with Crippen LogP contribution in [-0.4, -0.2) is 99.8 Å². The van der Waals surface area contributed by atoms with Crippen LogP contribution in [0.1, 0.15) is 19.3 Å². The van der Waals surface area contributed by atoms with E-state index in [0.717, 1.165) is 0 Å². The molecule has 17 heteroatoms. The molecule has 7 N–H and O–H groups in total. The first kappa shape index (κ1) is 30.9. The van der Waals surface area contributed by atoms with Gasteiger partial charge in [0, 0.05) is 37.0 Å². The molecular formula is C17H30Cl2N5O8PS. The van der Waals surface area contributed by atoms with Crippen LogP contribution in [0.25, 0.3) is 0 Å². The molecular weight excluding hydrogens is 536 g/mol. The second kappa shape index (κ2) is 15.8. The Morgan fingerprint density at radius 2 is 1.88 bits per heavy atom. The van der Waals surface area contributed by atoms with Crippen molar-refractivity contribution in [3.05, 3.63) is 0 Å². The number of nitrogens with one attached hydrogen (secondary N) is 3. The number of thioether (sulfide) groups is 1. The molecule has 1 fully saturated rings. The van der Waals surface area contributed by atoms with Crippen LogP contribution in [0.4, 0.5) is 0 Å². The zero-order chi connectivity index (χ0) is 25.7. The molecule has 0 aliphatic carbocycles. The number of carboxylic acid groups (broad SMARTS) is 2. The number of amides is 2. The van der Waals surface area contributed by atoms with Crippen molar-refractivity contribution in [2.45, 2.75) is 36.7 Å². The van der Waals surface area contributed by atoms with Gasteiger partial charge in [0.05, 0.1) is 12.0 Å². The molecule has 1 rings (SSSR count). The van der Waals surface area contributed by atoms with Gasteiger partial charge in [-0.25, -0.2) is 9.76 Å². The fourth-order valence-corrected chi connectivity index (χ4v) is 7.02. The number of hydrogen-bond donors (Lipinski definition) is 6. The second-order valence-corrected chi connectivity index (χ2v) is 11.3. The van der Waals surface area contributed by atoms with Crippen molar-refractivity contribution in [1.29, 1.82) is 0 Å². The van der Waals surface area contributed by atoms with Crippen LogP contribution in [0.3, 0.4) is 0 Å². The molecule has 0 bridgehead atoms. The predicted octanol–water partition coefficient (Wildman–Crippen LogP) is -0.179. The molecule has 0 aromatic carbocycles. The maximum atomic E-state index is 13.2. The molecule has 2 unspecified atom stereocenters. The first-order valence-corrected chi connectivity index (χ1v) is 14.0. The molecule has 0 aromatic rings. The number of alkyl halides is 2. The molecule has 1 saturated heterocycles. The Bertz CT molecular complexity index is 761. The monoisotopic (exact) mass is 565 g/mol. The van der Waals surface area contributed by atoms with E-state index in [-0.39, 0.29) is 50.1 Å². The van der Waals surface area contributed by atoms with Gasteiger partial charge in [0.15, 0.2) is 0 Å². The third-order valence-electron chi connectivity index (χ3n) is 4.54. The SMILES string of the molecule is N[C@@H](CCC(=O)N[C@@H](CSC1CCOP(=O)(N(CCCl)CCCl)N1)C(=O)NCC(=O)O)C(=O)O. The summed E-state index contributed by atoms with van der Waals surface area (Å²) < 4.78 is 20.3. The lowest BCUT2D eigenvalue weighted by molar-refractivity contribution is -0.139. The Hall–Kier alpha value is -1.12. The van der Waals surface area contributed by atoms with Gasteiger partial charge in [-0.05, 0) is 12.8 Å². The molecule has 0 aromatic heterocycles. The van der Waals surface area contributed by atoms with E-state index in [1.54, 1.807) is 0 Å². The number of carbonyl (C=O) groups excluding carboxylic acids is 2. The number of carbonyl (C=O) groups is 4. The number of hydrogen-bond acceptors (Lipinski definition) is 8. The lowest BCUT2D eigenvalue weighted by Gasteiger charge is -2.37. The number of nitrogens with two attached hydrogens (primary N) is 1. The zero-order valence-corrected chi connectivity index (χ0v) is 21.5. The largest absolute Gasteiger partial charge is 0.480 e. The predicted molar refractivity (Wildman–Crippen MR) is 128 cm³/mol. The number of carboxylic acids is 2. The Kier molecular flexibility index (Phi) is 14.4. The molecule has 1 aliphatic rings. The highest BCUT2D eigenvalue weighted by Gasteiger charge is 2.38. The molecule has 1 heterocycles. The maximum Gasteiger partial charge on any atom is 0.344 e. The van der Waals surface area contributed by atoms with Gasteiger partial charge >= 0.3 is 19.6 Å². The number of aliphatic carboxylic acids is 2. The minimum absolute atomic E-state index is 0.0187. The fraction of sp³-hybridized carbons (Fsp3) is 0.765. The lowest BCUT2D eigenvalue weighted by atomic mass is 10.1. The van der Waals surface area contributed by atoms with Gasteiger partial charge in [-0.2, -0.15) is 0 Å². The summed E-state index contributed by atoms with van der Waals surface area (Å²) in [5.41, 5.74) is 5.39. The molecule has 13 nitrogen and oxygen atoms in total. The molecule has 2 amide bonds. The van der Waals surface area contributed by atoms with Crippen molar-refractivity contribution in [3.63, 3.8) is 0 Å². The van der Waals surface area contributed by atoms with E-state index in [2.05, 4.69) is 15.7 Å². The van der Waals surface area contributed by atoms with Crippen molar-refractivity contribution in [2.75, 3.05) is 43.8 Å². The third-order valence-corrected chi connectivity index (χ3v) is 8.65.